The van der Waals surface area contributed by atoms with Crippen LogP contribution in [0.15, 0.2) is 53.5 Å². The van der Waals surface area contributed by atoms with Crippen molar-refractivity contribution in [1.82, 2.24) is 10.6 Å². The molecule has 1 unspecified atom stereocenters. The molecule has 222 valence electrons. The molecule has 3 amide bonds. The van der Waals surface area contributed by atoms with Gasteiger partial charge >= 0.3 is 12.2 Å². The average molecular weight is 569 g/mol. The second kappa shape index (κ2) is 13.4. The number of likely N-dealkylation sites (N-methyl/N-ethyl adjacent to an activating group) is 1. The fraction of sp³-hybridized carbons (Fsp3) is 0.467. The molecule has 2 N–H and O–H groups in total. The van der Waals surface area contributed by atoms with Crippen LogP contribution in [-0.2, 0) is 20.7 Å². The first-order valence-corrected chi connectivity index (χ1v) is 13.5. The summed E-state index contributed by atoms with van der Waals surface area (Å²) >= 11 is 0. The number of hydrogen-bond donors (Lipinski definition) is 2. The molecule has 2 aromatic rings. The van der Waals surface area contributed by atoms with Gasteiger partial charge in [0.1, 0.15) is 22.7 Å². The molecule has 0 aliphatic carbocycles. The second-order valence-corrected chi connectivity index (χ2v) is 11.5. The van der Waals surface area contributed by atoms with Crippen LogP contribution in [0.1, 0.15) is 53.5 Å². The van der Waals surface area contributed by atoms with Gasteiger partial charge in [0.05, 0.1) is 12.3 Å². The van der Waals surface area contributed by atoms with Crippen molar-refractivity contribution in [3.05, 3.63) is 54.1 Å². The Morgan fingerprint density at radius 3 is 2.10 bits per heavy atom. The Hall–Kier alpha value is -4.28. The lowest BCUT2D eigenvalue weighted by Crippen LogP contribution is -2.47. The molecule has 0 aromatic heterocycles. The molecular weight excluding hydrogens is 528 g/mol. The van der Waals surface area contributed by atoms with Crippen LogP contribution < -0.4 is 25.0 Å². The number of ether oxygens (including phenoxy) is 4. The van der Waals surface area contributed by atoms with Gasteiger partial charge in [-0.3, -0.25) is 20.4 Å². The highest BCUT2D eigenvalue weighted by molar-refractivity contribution is 6.01. The standard InChI is InChI=1S/C30H40N4O7/c1-29(2,3)40-27(36)32-26(33-28(37)41-30(4,5)6)31-18-16-20-12-14-21(15-13-20)38-19-17-24-25(35)34(7)22-10-8-9-11-23(22)39-24/h8-15,24H,16-19H2,1-7H3,(H2,31,32,33,36,37). The van der Waals surface area contributed by atoms with Gasteiger partial charge in [-0.25, -0.2) is 9.59 Å². The van der Waals surface area contributed by atoms with Crippen molar-refractivity contribution >= 4 is 29.7 Å². The third kappa shape index (κ3) is 10.3. The molecule has 11 heteroatoms. The summed E-state index contributed by atoms with van der Waals surface area (Å²) in [6, 6.07) is 14.9. The van der Waals surface area contributed by atoms with Crippen molar-refractivity contribution in [2.75, 3.05) is 25.1 Å². The Bertz CT molecular complexity index is 1210. The van der Waals surface area contributed by atoms with Gasteiger partial charge in [-0.05, 0) is 77.8 Å². The molecule has 0 spiro atoms. The van der Waals surface area contributed by atoms with Gasteiger partial charge in [-0.1, -0.05) is 24.3 Å². The Labute approximate surface area is 241 Å². The molecule has 3 rings (SSSR count). The minimum Gasteiger partial charge on any atom is -0.493 e. The van der Waals surface area contributed by atoms with E-state index < -0.39 is 29.5 Å². The number of carbonyl (C=O) groups is 3. The maximum atomic E-state index is 12.6. The van der Waals surface area contributed by atoms with E-state index in [9.17, 15) is 14.4 Å². The van der Waals surface area contributed by atoms with E-state index in [2.05, 4.69) is 15.6 Å². The van der Waals surface area contributed by atoms with E-state index in [0.29, 0.717) is 30.9 Å². The van der Waals surface area contributed by atoms with E-state index in [0.717, 1.165) is 11.3 Å². The maximum Gasteiger partial charge on any atom is 0.414 e. The predicted molar refractivity (Wildman–Crippen MR) is 156 cm³/mol. The van der Waals surface area contributed by atoms with Gasteiger partial charge in [0.25, 0.3) is 5.91 Å². The lowest BCUT2D eigenvalue weighted by atomic mass is 10.1. The quantitative estimate of drug-likeness (QED) is 0.362. The van der Waals surface area contributed by atoms with Crippen molar-refractivity contribution in [2.24, 2.45) is 4.99 Å². The smallest absolute Gasteiger partial charge is 0.414 e. The highest BCUT2D eigenvalue weighted by atomic mass is 16.6. The number of amides is 3. The normalized spacial score (nSPS) is 14.8. The van der Waals surface area contributed by atoms with E-state index in [1.807, 2.05) is 48.5 Å². The Morgan fingerprint density at radius 1 is 0.927 bits per heavy atom. The van der Waals surface area contributed by atoms with Crippen LogP contribution in [0.25, 0.3) is 0 Å². The Kier molecular flexibility index (Phi) is 10.2. The topological polar surface area (TPSA) is 128 Å². The molecule has 0 saturated heterocycles. The van der Waals surface area contributed by atoms with Gasteiger partial charge < -0.3 is 23.8 Å². The van der Waals surface area contributed by atoms with E-state index in [4.69, 9.17) is 18.9 Å². The summed E-state index contributed by atoms with van der Waals surface area (Å²) in [5, 5.41) is 4.93. The third-order valence-electron chi connectivity index (χ3n) is 5.58. The van der Waals surface area contributed by atoms with E-state index in [-0.39, 0.29) is 18.4 Å². The van der Waals surface area contributed by atoms with E-state index in [1.54, 1.807) is 53.5 Å². The predicted octanol–water partition coefficient (Wildman–Crippen LogP) is 4.83. The minimum atomic E-state index is -0.745. The fourth-order valence-electron chi connectivity index (χ4n) is 3.80. The summed E-state index contributed by atoms with van der Waals surface area (Å²) in [6.45, 7) is 11.0. The molecular formula is C30H40N4O7. The van der Waals surface area contributed by atoms with E-state index in [1.165, 1.54) is 0 Å². The van der Waals surface area contributed by atoms with Crippen molar-refractivity contribution < 1.29 is 33.3 Å². The summed E-state index contributed by atoms with van der Waals surface area (Å²) < 4.78 is 22.2. The van der Waals surface area contributed by atoms with Crippen LogP contribution >= 0.6 is 0 Å². The number of nitrogens with one attached hydrogen (secondary N) is 2. The molecule has 0 fully saturated rings. The zero-order chi connectivity index (χ0) is 30.2. The zero-order valence-electron chi connectivity index (χ0n) is 24.8. The number of anilines is 1. The van der Waals surface area contributed by atoms with Crippen LogP contribution in [0.2, 0.25) is 0 Å². The molecule has 0 radical (unpaired) electrons. The summed E-state index contributed by atoms with van der Waals surface area (Å²) in [6.07, 6.45) is -1.15. The lowest BCUT2D eigenvalue weighted by Gasteiger charge is -2.31. The summed E-state index contributed by atoms with van der Waals surface area (Å²) in [4.78, 5) is 43.0. The minimum absolute atomic E-state index is 0.0683. The van der Waals surface area contributed by atoms with Crippen molar-refractivity contribution in [1.29, 1.82) is 0 Å². The zero-order valence-corrected chi connectivity index (χ0v) is 24.8. The van der Waals surface area contributed by atoms with Crippen molar-refractivity contribution in [3.8, 4) is 11.5 Å². The number of hydrogen-bond acceptors (Lipinski definition) is 8. The van der Waals surface area contributed by atoms with Crippen LogP contribution in [0.3, 0.4) is 0 Å². The fourth-order valence-corrected chi connectivity index (χ4v) is 3.80. The van der Waals surface area contributed by atoms with Gasteiger partial charge in [-0.2, -0.15) is 0 Å². The van der Waals surface area contributed by atoms with Crippen molar-refractivity contribution in [3.63, 3.8) is 0 Å². The molecule has 1 heterocycles. The first-order chi connectivity index (χ1) is 19.2. The maximum absolute atomic E-state index is 12.6. The lowest BCUT2D eigenvalue weighted by molar-refractivity contribution is -0.126. The number of rotatable bonds is 7. The monoisotopic (exact) mass is 568 g/mol. The molecule has 41 heavy (non-hydrogen) atoms. The molecule has 1 aliphatic rings. The first kappa shape index (κ1) is 31.3. The second-order valence-electron chi connectivity index (χ2n) is 11.5. The number of nitrogens with zero attached hydrogens (tertiary/aromatic N) is 2. The van der Waals surface area contributed by atoms with Crippen molar-refractivity contribution in [2.45, 2.75) is 71.7 Å². The Morgan fingerprint density at radius 2 is 1.51 bits per heavy atom. The van der Waals surface area contributed by atoms with Gasteiger partial charge in [0.15, 0.2) is 6.10 Å². The van der Waals surface area contributed by atoms with Gasteiger partial charge in [-0.15, -0.1) is 0 Å². The highest BCUT2D eigenvalue weighted by Gasteiger charge is 2.31. The van der Waals surface area contributed by atoms with Crippen LogP contribution in [0.4, 0.5) is 15.3 Å². The van der Waals surface area contributed by atoms with Crippen LogP contribution in [0, 0.1) is 0 Å². The highest BCUT2D eigenvalue weighted by Crippen LogP contribution is 2.33. The van der Waals surface area contributed by atoms with Gasteiger partial charge in [0, 0.05) is 20.0 Å². The molecule has 11 nitrogen and oxygen atoms in total. The number of benzene rings is 2. The number of para-hydroxylation sites is 2. The first-order valence-electron chi connectivity index (χ1n) is 13.5. The summed E-state index contributed by atoms with van der Waals surface area (Å²) in [5.74, 6) is 1.16. The number of aliphatic imine (C=N–C) groups is 1. The number of guanidine groups is 1. The summed E-state index contributed by atoms with van der Waals surface area (Å²) in [7, 11) is 1.74. The SMILES string of the molecule is CN1C(=O)C(CCOc2ccc(CCN=C(NC(=O)OC(C)(C)C)NC(=O)OC(C)(C)C)cc2)Oc2ccccc21. The molecule has 0 bridgehead atoms. The molecule has 0 saturated carbocycles. The van der Waals surface area contributed by atoms with E-state index >= 15 is 0 Å². The number of fused-ring (bicyclic) bond motifs is 1. The van der Waals surface area contributed by atoms with Crippen LogP contribution in [-0.4, -0.2) is 61.6 Å². The van der Waals surface area contributed by atoms with Gasteiger partial charge in [0.2, 0.25) is 5.96 Å². The Balaban J connectivity index is 1.51. The number of carbonyl (C=O) groups excluding carboxylic acids is 3. The average Bonchev–Trinajstić information content (AvgIpc) is 2.85. The largest absolute Gasteiger partial charge is 0.493 e. The number of alkyl carbamates (subject to hydrolysis) is 2. The molecule has 2 aromatic carbocycles. The molecule has 1 atom stereocenters. The third-order valence-corrected chi connectivity index (χ3v) is 5.58. The summed E-state index contributed by atoms with van der Waals surface area (Å²) in [5.41, 5.74) is 0.291. The van der Waals surface area contributed by atoms with Crippen LogP contribution in [0.5, 0.6) is 11.5 Å². The molecule has 1 aliphatic heterocycles.